The van der Waals surface area contributed by atoms with Gasteiger partial charge in [-0.2, -0.15) is 0 Å². The van der Waals surface area contributed by atoms with E-state index in [2.05, 4.69) is 15.0 Å². The predicted octanol–water partition coefficient (Wildman–Crippen LogP) is 1.57. The van der Waals surface area contributed by atoms with E-state index >= 15 is 0 Å². The van der Waals surface area contributed by atoms with Gasteiger partial charge in [-0.25, -0.2) is 15.0 Å². The highest BCUT2D eigenvalue weighted by Gasteiger charge is 2.25. The van der Waals surface area contributed by atoms with Crippen molar-refractivity contribution in [3.05, 3.63) is 17.8 Å². The fourth-order valence-corrected chi connectivity index (χ4v) is 2.45. The highest BCUT2D eigenvalue weighted by Crippen LogP contribution is 2.32. The van der Waals surface area contributed by atoms with Gasteiger partial charge < -0.3 is 9.67 Å². The Morgan fingerprint density at radius 2 is 2.19 bits per heavy atom. The van der Waals surface area contributed by atoms with E-state index in [-0.39, 0.29) is 12.1 Å². The first-order chi connectivity index (χ1) is 7.75. The molecule has 0 radical (unpaired) electrons. The lowest BCUT2D eigenvalue weighted by Gasteiger charge is -2.11. The van der Waals surface area contributed by atoms with E-state index in [0.717, 1.165) is 24.9 Å². The van der Waals surface area contributed by atoms with Crippen LogP contribution in [-0.2, 0) is 0 Å². The molecule has 2 atom stereocenters. The van der Waals surface area contributed by atoms with Gasteiger partial charge >= 0.3 is 0 Å². The summed E-state index contributed by atoms with van der Waals surface area (Å²) in [5.41, 5.74) is 1.38. The number of hydrogen-bond acceptors (Lipinski definition) is 4. The molecule has 0 amide bonds. The van der Waals surface area contributed by atoms with Crippen molar-refractivity contribution in [1.82, 2.24) is 19.5 Å². The molecule has 0 saturated heterocycles. The summed E-state index contributed by atoms with van der Waals surface area (Å²) < 4.78 is 1.99. The van der Waals surface area contributed by atoms with Crippen LogP contribution in [0.25, 0.3) is 11.2 Å². The minimum atomic E-state index is -0.209. The van der Waals surface area contributed by atoms with Crippen molar-refractivity contribution < 1.29 is 5.11 Å². The summed E-state index contributed by atoms with van der Waals surface area (Å²) in [6.07, 6.45) is 5.51. The fraction of sp³-hybridized carbons (Fsp3) is 0.500. The minimum absolute atomic E-state index is 0.209. The Balaban J connectivity index is 2.08. The van der Waals surface area contributed by atoms with Gasteiger partial charge in [-0.05, 0) is 19.3 Å². The smallest absolute Gasteiger partial charge is 0.165 e. The Hall–Kier alpha value is -1.20. The number of hydrogen-bond donors (Lipinski definition) is 1. The molecule has 0 bridgehead atoms. The molecule has 2 aromatic heterocycles. The molecule has 3 rings (SSSR count). The summed E-state index contributed by atoms with van der Waals surface area (Å²) in [6, 6.07) is 0.269. The lowest BCUT2D eigenvalue weighted by atomic mass is 10.2. The third-order valence-electron chi connectivity index (χ3n) is 3.08. The van der Waals surface area contributed by atoms with E-state index in [0.29, 0.717) is 10.7 Å². The van der Waals surface area contributed by atoms with Gasteiger partial charge in [0, 0.05) is 6.04 Å². The average Bonchev–Trinajstić information content (AvgIpc) is 2.84. The molecule has 1 fully saturated rings. The Morgan fingerprint density at radius 3 is 2.94 bits per heavy atom. The molecule has 0 aliphatic heterocycles. The van der Waals surface area contributed by atoms with E-state index in [9.17, 15) is 5.11 Å². The number of halogens is 1. The van der Waals surface area contributed by atoms with Gasteiger partial charge in [0.15, 0.2) is 10.8 Å². The highest BCUT2D eigenvalue weighted by atomic mass is 35.5. The van der Waals surface area contributed by atoms with E-state index in [4.69, 9.17) is 11.6 Å². The van der Waals surface area contributed by atoms with Crippen molar-refractivity contribution in [2.45, 2.75) is 31.4 Å². The van der Waals surface area contributed by atoms with Crippen molar-refractivity contribution in [3.8, 4) is 0 Å². The number of aliphatic hydroxyl groups excluding tert-OH is 1. The molecule has 0 spiro atoms. The van der Waals surface area contributed by atoms with E-state index in [1.807, 2.05) is 4.57 Å². The first-order valence-electron chi connectivity index (χ1n) is 5.27. The SMILES string of the molecule is O[C@@H]1CC[C@H](n2cnc3c(Cl)ncnc32)C1. The van der Waals surface area contributed by atoms with E-state index in [1.165, 1.54) is 6.33 Å². The van der Waals surface area contributed by atoms with Gasteiger partial charge in [0.1, 0.15) is 11.8 Å². The molecule has 2 heterocycles. The number of aromatic nitrogens is 4. The average molecular weight is 239 g/mol. The molecule has 1 aliphatic carbocycles. The molecule has 0 unspecified atom stereocenters. The Morgan fingerprint density at radius 1 is 1.31 bits per heavy atom. The van der Waals surface area contributed by atoms with Crippen LogP contribution in [0.4, 0.5) is 0 Å². The Labute approximate surface area is 97.1 Å². The summed E-state index contributed by atoms with van der Waals surface area (Å²) in [5.74, 6) is 0. The second-order valence-corrected chi connectivity index (χ2v) is 4.47. The van der Waals surface area contributed by atoms with Crippen molar-refractivity contribution >= 4 is 22.8 Å². The predicted molar refractivity (Wildman–Crippen MR) is 59.2 cm³/mol. The molecule has 6 heteroatoms. The topological polar surface area (TPSA) is 63.8 Å². The summed E-state index contributed by atoms with van der Waals surface area (Å²) in [5, 5.41) is 9.91. The van der Waals surface area contributed by atoms with Crippen LogP contribution >= 0.6 is 11.6 Å². The van der Waals surface area contributed by atoms with Gasteiger partial charge in [0.05, 0.1) is 12.4 Å². The number of nitrogens with zero attached hydrogens (tertiary/aromatic N) is 4. The van der Waals surface area contributed by atoms with E-state index < -0.39 is 0 Å². The first-order valence-corrected chi connectivity index (χ1v) is 5.64. The molecule has 0 aromatic carbocycles. The molecule has 1 aliphatic rings. The second-order valence-electron chi connectivity index (χ2n) is 4.11. The minimum Gasteiger partial charge on any atom is -0.393 e. The summed E-state index contributed by atoms with van der Waals surface area (Å²) in [6.45, 7) is 0. The van der Waals surface area contributed by atoms with Gasteiger partial charge in [0.2, 0.25) is 0 Å². The first kappa shape index (κ1) is 9.99. The van der Waals surface area contributed by atoms with Crippen LogP contribution in [0.15, 0.2) is 12.7 Å². The Bertz CT molecular complexity index is 527. The molecule has 5 nitrogen and oxygen atoms in total. The third-order valence-corrected chi connectivity index (χ3v) is 3.36. The van der Waals surface area contributed by atoms with Gasteiger partial charge in [-0.15, -0.1) is 0 Å². The zero-order valence-electron chi connectivity index (χ0n) is 8.54. The number of imidazole rings is 1. The molecule has 84 valence electrons. The molecule has 1 saturated carbocycles. The normalized spacial score (nSPS) is 25.4. The van der Waals surface area contributed by atoms with Gasteiger partial charge in [-0.3, -0.25) is 0 Å². The largest absolute Gasteiger partial charge is 0.393 e. The summed E-state index contributed by atoms with van der Waals surface area (Å²) in [4.78, 5) is 12.3. The van der Waals surface area contributed by atoms with Crippen LogP contribution < -0.4 is 0 Å². The van der Waals surface area contributed by atoms with E-state index in [1.54, 1.807) is 6.33 Å². The maximum Gasteiger partial charge on any atom is 0.165 e. The molecular formula is C10H11ClN4O. The number of rotatable bonds is 1. The number of fused-ring (bicyclic) bond motifs is 1. The molecule has 16 heavy (non-hydrogen) atoms. The van der Waals surface area contributed by atoms with Crippen molar-refractivity contribution in [3.63, 3.8) is 0 Å². The lowest BCUT2D eigenvalue weighted by molar-refractivity contribution is 0.178. The zero-order valence-corrected chi connectivity index (χ0v) is 9.30. The summed E-state index contributed by atoms with van der Waals surface area (Å²) >= 11 is 5.93. The monoisotopic (exact) mass is 238 g/mol. The van der Waals surface area contributed by atoms with Crippen LogP contribution in [0.2, 0.25) is 5.15 Å². The van der Waals surface area contributed by atoms with Crippen LogP contribution in [-0.4, -0.2) is 30.7 Å². The zero-order chi connectivity index (χ0) is 11.1. The number of aliphatic hydroxyl groups is 1. The van der Waals surface area contributed by atoms with Gasteiger partial charge in [0.25, 0.3) is 0 Å². The van der Waals surface area contributed by atoms with Crippen molar-refractivity contribution in [2.24, 2.45) is 0 Å². The summed E-state index contributed by atoms with van der Waals surface area (Å²) in [7, 11) is 0. The van der Waals surface area contributed by atoms with Crippen LogP contribution in [0.3, 0.4) is 0 Å². The molecule has 1 N–H and O–H groups in total. The van der Waals surface area contributed by atoms with Crippen molar-refractivity contribution in [2.75, 3.05) is 0 Å². The lowest BCUT2D eigenvalue weighted by Crippen LogP contribution is -2.06. The molecule has 2 aromatic rings. The quantitative estimate of drug-likeness (QED) is 0.766. The fourth-order valence-electron chi connectivity index (χ4n) is 2.28. The maximum atomic E-state index is 9.53. The third kappa shape index (κ3) is 1.47. The van der Waals surface area contributed by atoms with Crippen LogP contribution in [0, 0.1) is 0 Å². The van der Waals surface area contributed by atoms with Crippen LogP contribution in [0.5, 0.6) is 0 Å². The molecular weight excluding hydrogens is 228 g/mol. The Kier molecular flexibility index (Phi) is 2.29. The maximum absolute atomic E-state index is 9.53. The van der Waals surface area contributed by atoms with Gasteiger partial charge in [-0.1, -0.05) is 11.6 Å². The highest BCUT2D eigenvalue weighted by molar-refractivity contribution is 6.33. The van der Waals surface area contributed by atoms with Crippen molar-refractivity contribution in [1.29, 1.82) is 0 Å². The standard InChI is InChI=1S/C10H11ClN4O/c11-9-8-10(13-4-12-9)15(5-14-8)6-1-2-7(16)3-6/h4-7,16H,1-3H2/t6-,7+/m0/s1. The van der Waals surface area contributed by atoms with Crippen LogP contribution in [0.1, 0.15) is 25.3 Å². The second kappa shape index (κ2) is 3.68.